The second-order valence-electron chi connectivity index (χ2n) is 7.09. The van der Waals surface area contributed by atoms with E-state index in [0.717, 1.165) is 0 Å². The first-order valence-corrected chi connectivity index (χ1v) is 9.62. The standard InChI is InChI=1S/C19H24ClN3O4/c20-14-3-1-2-12(10-14)18(26)22-15-11-13(4-5-16(15)24)19(27)23-8-6-17(25)21-7-9-23/h1-3,10,13,15-16,24H,4-9,11H2,(H,21,25)(H,22,26)/t13-,15+,16+/m0/s1. The molecule has 0 unspecified atom stereocenters. The molecule has 2 fully saturated rings. The lowest BCUT2D eigenvalue weighted by atomic mass is 9.82. The largest absolute Gasteiger partial charge is 0.391 e. The van der Waals surface area contributed by atoms with Crippen molar-refractivity contribution >= 4 is 29.3 Å². The molecule has 7 nitrogen and oxygen atoms in total. The third-order valence-corrected chi connectivity index (χ3v) is 5.43. The molecule has 8 heteroatoms. The third kappa shape index (κ3) is 4.99. The van der Waals surface area contributed by atoms with Crippen molar-refractivity contribution in [1.29, 1.82) is 0 Å². The highest BCUT2D eigenvalue weighted by molar-refractivity contribution is 6.30. The Morgan fingerprint density at radius 2 is 2.07 bits per heavy atom. The predicted molar refractivity (Wildman–Crippen MR) is 100 cm³/mol. The fourth-order valence-corrected chi connectivity index (χ4v) is 3.85. The second kappa shape index (κ2) is 8.71. The first-order chi connectivity index (χ1) is 12.9. The molecule has 2 aliphatic rings. The zero-order valence-electron chi connectivity index (χ0n) is 15.0. The van der Waals surface area contributed by atoms with Crippen molar-refractivity contribution in [1.82, 2.24) is 15.5 Å². The Balaban J connectivity index is 1.62. The van der Waals surface area contributed by atoms with Gasteiger partial charge in [0.15, 0.2) is 0 Å². The van der Waals surface area contributed by atoms with Crippen LogP contribution in [0.25, 0.3) is 0 Å². The molecule has 0 aromatic heterocycles. The first-order valence-electron chi connectivity index (χ1n) is 9.24. The molecule has 146 valence electrons. The molecule has 1 aliphatic carbocycles. The number of aliphatic hydroxyl groups excluding tert-OH is 1. The van der Waals surface area contributed by atoms with Crippen LogP contribution in [0.5, 0.6) is 0 Å². The molecule has 1 saturated heterocycles. The molecular formula is C19H24ClN3O4. The summed E-state index contributed by atoms with van der Waals surface area (Å²) in [6.45, 7) is 1.35. The van der Waals surface area contributed by atoms with Crippen LogP contribution in [-0.2, 0) is 9.59 Å². The highest BCUT2D eigenvalue weighted by Crippen LogP contribution is 2.27. The first kappa shape index (κ1) is 19.6. The third-order valence-electron chi connectivity index (χ3n) is 5.19. The van der Waals surface area contributed by atoms with Gasteiger partial charge >= 0.3 is 0 Å². The number of rotatable bonds is 3. The van der Waals surface area contributed by atoms with Crippen LogP contribution in [-0.4, -0.2) is 59.5 Å². The van der Waals surface area contributed by atoms with Gasteiger partial charge in [0.1, 0.15) is 0 Å². The molecule has 1 saturated carbocycles. The number of hydrogen-bond acceptors (Lipinski definition) is 4. The summed E-state index contributed by atoms with van der Waals surface area (Å²) in [4.78, 5) is 38.5. The van der Waals surface area contributed by atoms with Gasteiger partial charge in [-0.15, -0.1) is 0 Å². The summed E-state index contributed by atoms with van der Waals surface area (Å²) >= 11 is 5.93. The number of nitrogens with one attached hydrogen (secondary N) is 2. The average molecular weight is 394 g/mol. The molecule has 0 radical (unpaired) electrons. The highest BCUT2D eigenvalue weighted by Gasteiger charge is 2.36. The molecule has 3 rings (SSSR count). The molecular weight excluding hydrogens is 370 g/mol. The Morgan fingerprint density at radius 3 is 2.85 bits per heavy atom. The maximum atomic E-state index is 12.8. The van der Waals surface area contributed by atoms with Gasteiger partial charge in [0.25, 0.3) is 5.91 Å². The van der Waals surface area contributed by atoms with Crippen LogP contribution in [0, 0.1) is 5.92 Å². The van der Waals surface area contributed by atoms with Crippen molar-refractivity contribution in [3.8, 4) is 0 Å². The van der Waals surface area contributed by atoms with Gasteiger partial charge in [-0.3, -0.25) is 14.4 Å². The Labute approximate surface area is 163 Å². The molecule has 3 atom stereocenters. The highest BCUT2D eigenvalue weighted by atomic mass is 35.5. The molecule has 0 bridgehead atoms. The Hall–Kier alpha value is -2.12. The molecule has 1 aromatic carbocycles. The average Bonchev–Trinajstić information content (AvgIpc) is 2.87. The maximum Gasteiger partial charge on any atom is 0.251 e. The number of carbonyl (C=O) groups is 3. The summed E-state index contributed by atoms with van der Waals surface area (Å²) < 4.78 is 0. The number of hydrogen-bond donors (Lipinski definition) is 3. The Bertz CT molecular complexity index is 727. The predicted octanol–water partition coefficient (Wildman–Crippen LogP) is 0.948. The monoisotopic (exact) mass is 393 g/mol. The number of nitrogens with zero attached hydrogens (tertiary/aromatic N) is 1. The molecule has 0 spiro atoms. The lowest BCUT2D eigenvalue weighted by Crippen LogP contribution is -2.50. The van der Waals surface area contributed by atoms with E-state index in [2.05, 4.69) is 10.6 Å². The minimum absolute atomic E-state index is 0.0135. The van der Waals surface area contributed by atoms with E-state index in [0.29, 0.717) is 55.9 Å². The van der Waals surface area contributed by atoms with Crippen LogP contribution in [0.1, 0.15) is 36.0 Å². The Morgan fingerprint density at radius 1 is 1.26 bits per heavy atom. The molecule has 27 heavy (non-hydrogen) atoms. The fraction of sp³-hybridized carbons (Fsp3) is 0.526. The number of aliphatic hydroxyl groups is 1. The van der Waals surface area contributed by atoms with Gasteiger partial charge < -0.3 is 20.6 Å². The van der Waals surface area contributed by atoms with Crippen LogP contribution in [0.4, 0.5) is 0 Å². The Kier molecular flexibility index (Phi) is 6.34. The smallest absolute Gasteiger partial charge is 0.251 e. The van der Waals surface area contributed by atoms with Crippen LogP contribution < -0.4 is 10.6 Å². The number of halogens is 1. The van der Waals surface area contributed by atoms with E-state index in [1.165, 1.54) is 0 Å². The zero-order valence-corrected chi connectivity index (χ0v) is 15.7. The molecule has 1 aromatic rings. The van der Waals surface area contributed by atoms with E-state index in [-0.39, 0.29) is 23.6 Å². The lowest BCUT2D eigenvalue weighted by molar-refractivity contribution is -0.137. The normalized spacial score (nSPS) is 26.1. The summed E-state index contributed by atoms with van der Waals surface area (Å²) in [5, 5.41) is 16.3. The van der Waals surface area contributed by atoms with E-state index in [9.17, 15) is 19.5 Å². The number of benzene rings is 1. The van der Waals surface area contributed by atoms with Gasteiger partial charge in [-0.2, -0.15) is 0 Å². The minimum atomic E-state index is -0.690. The summed E-state index contributed by atoms with van der Waals surface area (Å²) in [6.07, 6.45) is 1.01. The quantitative estimate of drug-likeness (QED) is 0.712. The van der Waals surface area contributed by atoms with Gasteiger partial charge in [-0.25, -0.2) is 0 Å². The molecule has 3 amide bonds. The number of amides is 3. The van der Waals surface area contributed by atoms with Crippen molar-refractivity contribution < 1.29 is 19.5 Å². The summed E-state index contributed by atoms with van der Waals surface area (Å²) in [7, 11) is 0. The van der Waals surface area contributed by atoms with Crippen molar-refractivity contribution in [3.05, 3.63) is 34.9 Å². The molecule has 1 heterocycles. The molecule has 3 N–H and O–H groups in total. The van der Waals surface area contributed by atoms with Gasteiger partial charge in [0.05, 0.1) is 12.1 Å². The van der Waals surface area contributed by atoms with Gasteiger partial charge in [-0.05, 0) is 37.5 Å². The number of carbonyl (C=O) groups excluding carboxylic acids is 3. The van der Waals surface area contributed by atoms with Crippen LogP contribution in [0.2, 0.25) is 5.02 Å². The van der Waals surface area contributed by atoms with Crippen molar-refractivity contribution in [3.63, 3.8) is 0 Å². The summed E-state index contributed by atoms with van der Waals surface area (Å²) in [5.41, 5.74) is 0.417. The van der Waals surface area contributed by atoms with Crippen LogP contribution in [0.3, 0.4) is 0 Å². The molecule has 1 aliphatic heterocycles. The topological polar surface area (TPSA) is 98.7 Å². The fourth-order valence-electron chi connectivity index (χ4n) is 3.66. The van der Waals surface area contributed by atoms with E-state index in [1.54, 1.807) is 29.2 Å². The summed E-state index contributed by atoms with van der Waals surface area (Å²) in [6, 6.07) is 6.10. The van der Waals surface area contributed by atoms with Crippen LogP contribution in [0.15, 0.2) is 24.3 Å². The van der Waals surface area contributed by atoms with Gasteiger partial charge in [0, 0.05) is 42.6 Å². The van der Waals surface area contributed by atoms with E-state index >= 15 is 0 Å². The van der Waals surface area contributed by atoms with E-state index in [1.807, 2.05) is 0 Å². The SMILES string of the molecule is O=C1CCN(C(=O)[C@H]2CC[C@@H](O)[C@H](NC(=O)c3cccc(Cl)c3)C2)CCN1. The van der Waals surface area contributed by atoms with E-state index in [4.69, 9.17) is 11.6 Å². The minimum Gasteiger partial charge on any atom is -0.391 e. The van der Waals surface area contributed by atoms with Gasteiger partial charge in [0.2, 0.25) is 11.8 Å². The van der Waals surface area contributed by atoms with Gasteiger partial charge in [-0.1, -0.05) is 17.7 Å². The van der Waals surface area contributed by atoms with E-state index < -0.39 is 12.1 Å². The zero-order chi connectivity index (χ0) is 19.4. The van der Waals surface area contributed by atoms with Crippen molar-refractivity contribution in [2.75, 3.05) is 19.6 Å². The maximum absolute atomic E-state index is 12.8. The van der Waals surface area contributed by atoms with Crippen LogP contribution >= 0.6 is 11.6 Å². The second-order valence-corrected chi connectivity index (χ2v) is 7.53. The summed E-state index contributed by atoms with van der Waals surface area (Å²) in [5.74, 6) is -0.651. The lowest BCUT2D eigenvalue weighted by Gasteiger charge is -2.35. The van der Waals surface area contributed by atoms with Crippen molar-refractivity contribution in [2.24, 2.45) is 5.92 Å². The van der Waals surface area contributed by atoms with Crippen molar-refractivity contribution in [2.45, 2.75) is 37.8 Å².